The number of hydrogen-bond donors (Lipinski definition) is 1. The summed E-state index contributed by atoms with van der Waals surface area (Å²) in [6.45, 7) is 5.36. The number of halogens is 4. The fourth-order valence-electron chi connectivity index (χ4n) is 4.58. The van der Waals surface area contributed by atoms with Gasteiger partial charge < -0.3 is 5.32 Å². The molecule has 0 radical (unpaired) electrons. The average molecular weight is 382 g/mol. The van der Waals surface area contributed by atoms with Crippen molar-refractivity contribution in [3.63, 3.8) is 0 Å². The minimum absolute atomic E-state index is 0.127. The first-order valence-corrected chi connectivity index (χ1v) is 9.60. The number of nitrogens with zero attached hydrogens (tertiary/aromatic N) is 3. The fraction of sp³-hybridized carbons (Fsp3) is 1.00. The molecule has 26 heavy (non-hydrogen) atoms. The summed E-state index contributed by atoms with van der Waals surface area (Å²) in [6, 6.07) is 0.127. The van der Waals surface area contributed by atoms with Crippen LogP contribution in [0.5, 0.6) is 0 Å². The Morgan fingerprint density at radius 2 is 1.65 bits per heavy atom. The van der Waals surface area contributed by atoms with Gasteiger partial charge in [0.15, 0.2) is 6.17 Å². The average Bonchev–Trinajstić information content (AvgIpc) is 2.53. The van der Waals surface area contributed by atoms with Crippen molar-refractivity contribution in [3.8, 4) is 0 Å². The van der Waals surface area contributed by atoms with E-state index in [1.807, 2.05) is 37.7 Å². The number of rotatable bonds is 5. The second kappa shape index (κ2) is 8.71. The molecule has 4 nitrogen and oxygen atoms in total. The molecule has 0 spiro atoms. The van der Waals surface area contributed by atoms with E-state index in [1.165, 1.54) is 0 Å². The summed E-state index contributed by atoms with van der Waals surface area (Å²) in [7, 11) is 5.56. The molecule has 2 aliphatic rings. The van der Waals surface area contributed by atoms with Crippen LogP contribution in [0.25, 0.3) is 0 Å². The Morgan fingerprint density at radius 1 is 1.08 bits per heavy atom. The lowest BCUT2D eigenvalue weighted by Crippen LogP contribution is -2.69. The Labute approximate surface area is 154 Å². The highest BCUT2D eigenvalue weighted by Gasteiger charge is 2.45. The monoisotopic (exact) mass is 382 g/mol. The molecule has 0 amide bonds. The highest BCUT2D eigenvalue weighted by atomic mass is 19.4. The fourth-order valence-corrected chi connectivity index (χ4v) is 4.58. The lowest BCUT2D eigenvalue weighted by molar-refractivity contribution is -0.185. The van der Waals surface area contributed by atoms with E-state index >= 15 is 4.39 Å². The summed E-state index contributed by atoms with van der Waals surface area (Å²) in [5.74, 6) is -0.968. The number of alkyl halides is 4. The second-order valence-electron chi connectivity index (χ2n) is 8.30. The van der Waals surface area contributed by atoms with Gasteiger partial charge in [-0.3, -0.25) is 14.7 Å². The van der Waals surface area contributed by atoms with Crippen LogP contribution in [0.1, 0.15) is 39.5 Å². The van der Waals surface area contributed by atoms with Crippen LogP contribution in [-0.2, 0) is 0 Å². The van der Waals surface area contributed by atoms with E-state index in [2.05, 4.69) is 10.2 Å². The molecule has 1 N–H and O–H groups in total. The van der Waals surface area contributed by atoms with Crippen LogP contribution in [0.2, 0.25) is 0 Å². The third-order valence-electron chi connectivity index (χ3n) is 6.04. The predicted octanol–water partition coefficient (Wildman–Crippen LogP) is 3.11. The molecule has 2 fully saturated rings. The molecule has 1 aliphatic carbocycles. The van der Waals surface area contributed by atoms with Crippen LogP contribution >= 0.6 is 0 Å². The zero-order valence-corrected chi connectivity index (χ0v) is 16.6. The molecule has 3 unspecified atom stereocenters. The topological polar surface area (TPSA) is 21.8 Å². The predicted molar refractivity (Wildman–Crippen MR) is 95.3 cm³/mol. The van der Waals surface area contributed by atoms with Gasteiger partial charge in [-0.15, -0.1) is 0 Å². The lowest BCUT2D eigenvalue weighted by atomic mass is 9.81. The molecule has 8 heteroatoms. The van der Waals surface area contributed by atoms with Gasteiger partial charge in [-0.05, 0) is 66.6 Å². The van der Waals surface area contributed by atoms with Gasteiger partial charge in [-0.2, -0.15) is 13.2 Å². The summed E-state index contributed by atoms with van der Waals surface area (Å²) in [5.41, 5.74) is 0. The van der Waals surface area contributed by atoms with Crippen molar-refractivity contribution in [2.24, 2.45) is 11.8 Å². The Morgan fingerprint density at radius 3 is 2.12 bits per heavy atom. The van der Waals surface area contributed by atoms with E-state index in [4.69, 9.17) is 0 Å². The molecule has 1 saturated carbocycles. The van der Waals surface area contributed by atoms with Crippen molar-refractivity contribution >= 4 is 0 Å². The molecule has 1 aliphatic heterocycles. The zero-order valence-electron chi connectivity index (χ0n) is 16.6. The molecule has 2 rings (SSSR count). The van der Waals surface area contributed by atoms with Crippen LogP contribution in [0, 0.1) is 11.8 Å². The van der Waals surface area contributed by atoms with Crippen LogP contribution in [-0.4, -0.2) is 79.8 Å². The van der Waals surface area contributed by atoms with Crippen molar-refractivity contribution in [3.05, 3.63) is 0 Å². The summed E-state index contributed by atoms with van der Waals surface area (Å²) >= 11 is 0. The van der Waals surface area contributed by atoms with Gasteiger partial charge in [-0.1, -0.05) is 0 Å². The van der Waals surface area contributed by atoms with E-state index < -0.39 is 18.3 Å². The maximum atomic E-state index is 15.3. The van der Waals surface area contributed by atoms with Gasteiger partial charge in [0.05, 0.1) is 24.9 Å². The number of nitrogens with one attached hydrogen (secondary N) is 1. The van der Waals surface area contributed by atoms with Crippen molar-refractivity contribution in [1.29, 1.82) is 0 Å². The Balaban J connectivity index is 2.05. The largest absolute Gasteiger partial charge is 0.391 e. The molecule has 0 aromatic rings. The van der Waals surface area contributed by atoms with Crippen molar-refractivity contribution in [2.75, 3.05) is 34.4 Å². The van der Waals surface area contributed by atoms with Crippen LogP contribution < -0.4 is 5.32 Å². The minimum atomic E-state index is -4.08. The minimum Gasteiger partial charge on any atom is -0.302 e. The maximum Gasteiger partial charge on any atom is 0.391 e. The molecular weight excluding hydrogens is 348 g/mol. The van der Waals surface area contributed by atoms with Crippen LogP contribution in [0.4, 0.5) is 17.6 Å². The molecule has 0 aromatic heterocycles. The Hall–Kier alpha value is -0.440. The van der Waals surface area contributed by atoms with E-state index in [9.17, 15) is 13.2 Å². The first-order valence-electron chi connectivity index (χ1n) is 9.60. The molecule has 0 aromatic carbocycles. The van der Waals surface area contributed by atoms with E-state index in [1.54, 1.807) is 7.05 Å². The molecular formula is C18H34F4N4. The van der Waals surface area contributed by atoms with E-state index in [0.29, 0.717) is 26.1 Å². The van der Waals surface area contributed by atoms with Crippen molar-refractivity contribution in [2.45, 2.75) is 70.3 Å². The SMILES string of the molecule is CNC1C(F)C(N(CC2CCC(C(F)(F)F)CC2)C(C)C)N(C)CN1C. The van der Waals surface area contributed by atoms with Crippen LogP contribution in [0.15, 0.2) is 0 Å². The summed E-state index contributed by atoms with van der Waals surface area (Å²) in [6.07, 6.45) is -4.39. The number of hydrogen-bond acceptors (Lipinski definition) is 4. The van der Waals surface area contributed by atoms with Crippen molar-refractivity contribution < 1.29 is 17.6 Å². The first kappa shape index (κ1) is 21.9. The van der Waals surface area contributed by atoms with Gasteiger partial charge >= 0.3 is 6.18 Å². The standard InChI is InChI=1S/C18H34F4N4/c1-12(2)26(10-13-6-8-14(9-7-13)18(20,21)22)17-15(19)16(23-3)24(4)11-25(17)5/h12-17,23H,6-11H2,1-5H3. The summed E-state index contributed by atoms with van der Waals surface area (Å²) in [4.78, 5) is 6.08. The molecule has 0 bridgehead atoms. The molecule has 154 valence electrons. The van der Waals surface area contributed by atoms with Crippen LogP contribution in [0.3, 0.4) is 0 Å². The van der Waals surface area contributed by atoms with Gasteiger partial charge in [-0.25, -0.2) is 4.39 Å². The molecule has 1 saturated heterocycles. The Kier molecular flexibility index (Phi) is 7.32. The van der Waals surface area contributed by atoms with Gasteiger partial charge in [0.2, 0.25) is 0 Å². The lowest BCUT2D eigenvalue weighted by Gasteiger charge is -2.51. The van der Waals surface area contributed by atoms with E-state index in [-0.39, 0.29) is 37.1 Å². The van der Waals surface area contributed by atoms with Gasteiger partial charge in [0.25, 0.3) is 0 Å². The zero-order chi connectivity index (χ0) is 19.6. The normalized spacial score (nSPS) is 35.4. The first-order chi connectivity index (χ1) is 12.1. The quantitative estimate of drug-likeness (QED) is 0.738. The summed E-state index contributed by atoms with van der Waals surface area (Å²) < 4.78 is 53.9. The molecule has 1 heterocycles. The highest BCUT2D eigenvalue weighted by molar-refractivity contribution is 4.92. The summed E-state index contributed by atoms with van der Waals surface area (Å²) in [5, 5.41) is 3.05. The Bertz CT molecular complexity index is 437. The third kappa shape index (κ3) is 4.88. The molecule has 3 atom stereocenters. The second-order valence-corrected chi connectivity index (χ2v) is 8.30. The third-order valence-corrected chi connectivity index (χ3v) is 6.04. The highest BCUT2D eigenvalue weighted by Crippen LogP contribution is 2.40. The maximum absolute atomic E-state index is 15.3. The van der Waals surface area contributed by atoms with E-state index in [0.717, 1.165) is 0 Å². The smallest absolute Gasteiger partial charge is 0.302 e. The van der Waals surface area contributed by atoms with Gasteiger partial charge in [0, 0.05) is 12.6 Å². The van der Waals surface area contributed by atoms with Gasteiger partial charge in [0.1, 0.15) is 0 Å². The van der Waals surface area contributed by atoms with Crippen molar-refractivity contribution in [1.82, 2.24) is 20.0 Å².